The second-order valence-electron chi connectivity index (χ2n) is 4.17. The molecule has 0 spiro atoms. The monoisotopic (exact) mass is 353 g/mol. The van der Waals surface area contributed by atoms with Gasteiger partial charge in [0.05, 0.1) is 12.0 Å². The predicted octanol–water partition coefficient (Wildman–Crippen LogP) is 2.89. The molecule has 0 saturated carbocycles. The topological polar surface area (TPSA) is 66.4 Å². The highest BCUT2D eigenvalue weighted by Gasteiger charge is 2.36. The third kappa shape index (κ3) is 4.84. The number of amides is 1. The molecule has 110 valence electrons. The standard InChI is InChI=1S/C12H11BrF3NO3/c1-6-2-3-7(8(13)4-6)10(18)17-9(11(19)20)5-12(14,15)16/h2-4,9H,5H2,1H3,(H,17,18)(H,19,20). The summed E-state index contributed by atoms with van der Waals surface area (Å²) in [4.78, 5) is 22.6. The van der Waals surface area contributed by atoms with Gasteiger partial charge in [0.2, 0.25) is 0 Å². The number of benzene rings is 1. The average molecular weight is 354 g/mol. The van der Waals surface area contributed by atoms with Gasteiger partial charge in [-0.3, -0.25) is 4.79 Å². The summed E-state index contributed by atoms with van der Waals surface area (Å²) in [6, 6.07) is 2.59. The van der Waals surface area contributed by atoms with Crippen molar-refractivity contribution in [3.05, 3.63) is 33.8 Å². The Labute approximate surface area is 121 Å². The van der Waals surface area contributed by atoms with E-state index in [2.05, 4.69) is 15.9 Å². The largest absolute Gasteiger partial charge is 0.480 e. The maximum Gasteiger partial charge on any atom is 0.391 e. The molecule has 0 saturated heterocycles. The minimum absolute atomic E-state index is 0.0732. The summed E-state index contributed by atoms with van der Waals surface area (Å²) >= 11 is 3.11. The number of carbonyl (C=O) groups is 2. The van der Waals surface area contributed by atoms with Crippen molar-refractivity contribution >= 4 is 27.8 Å². The van der Waals surface area contributed by atoms with Gasteiger partial charge in [-0.15, -0.1) is 0 Å². The molecule has 0 aromatic heterocycles. The summed E-state index contributed by atoms with van der Waals surface area (Å²) in [7, 11) is 0. The maximum absolute atomic E-state index is 12.2. The number of carbonyl (C=O) groups excluding carboxylic acids is 1. The Morgan fingerprint density at radius 3 is 2.45 bits per heavy atom. The third-order valence-corrected chi connectivity index (χ3v) is 3.06. The van der Waals surface area contributed by atoms with E-state index in [0.717, 1.165) is 5.56 Å². The number of aryl methyl sites for hydroxylation is 1. The van der Waals surface area contributed by atoms with E-state index in [4.69, 9.17) is 5.11 Å². The summed E-state index contributed by atoms with van der Waals surface area (Å²) in [5.41, 5.74) is 0.919. The van der Waals surface area contributed by atoms with E-state index in [0.29, 0.717) is 4.47 Å². The molecule has 0 fully saturated rings. The van der Waals surface area contributed by atoms with Crippen LogP contribution >= 0.6 is 15.9 Å². The summed E-state index contributed by atoms with van der Waals surface area (Å²) in [5.74, 6) is -2.62. The van der Waals surface area contributed by atoms with Crippen LogP contribution in [0.5, 0.6) is 0 Å². The number of rotatable bonds is 4. The Kier molecular flexibility index (Phi) is 5.15. The molecule has 1 unspecified atom stereocenters. The molecule has 0 heterocycles. The fourth-order valence-corrected chi connectivity index (χ4v) is 2.15. The Balaban J connectivity index is 2.88. The summed E-state index contributed by atoms with van der Waals surface area (Å²) in [5, 5.41) is 10.6. The van der Waals surface area contributed by atoms with Gasteiger partial charge in [0, 0.05) is 4.47 Å². The lowest BCUT2D eigenvalue weighted by molar-refractivity contribution is -0.157. The Morgan fingerprint density at radius 2 is 2.00 bits per heavy atom. The number of carboxylic acids is 1. The SMILES string of the molecule is Cc1ccc(C(=O)NC(CC(F)(F)F)C(=O)O)c(Br)c1. The molecule has 1 rings (SSSR count). The van der Waals surface area contributed by atoms with Crippen molar-refractivity contribution in [2.75, 3.05) is 0 Å². The summed E-state index contributed by atoms with van der Waals surface area (Å²) in [6.07, 6.45) is -6.31. The Bertz CT molecular complexity index is 531. The number of halogens is 4. The second kappa shape index (κ2) is 6.25. The first-order valence-electron chi connectivity index (χ1n) is 5.46. The lowest BCUT2D eigenvalue weighted by Crippen LogP contribution is -2.43. The Hall–Kier alpha value is -1.57. The molecular formula is C12H11BrF3NO3. The molecule has 0 aliphatic carbocycles. The molecule has 8 heteroatoms. The van der Waals surface area contributed by atoms with Gasteiger partial charge in [-0.2, -0.15) is 13.2 Å². The first-order chi connectivity index (χ1) is 9.10. The van der Waals surface area contributed by atoms with Crippen LogP contribution in [0.2, 0.25) is 0 Å². The number of nitrogens with one attached hydrogen (secondary N) is 1. The zero-order chi connectivity index (χ0) is 15.5. The normalized spacial score (nSPS) is 12.8. The van der Waals surface area contributed by atoms with Crippen LogP contribution in [0.15, 0.2) is 22.7 Å². The first kappa shape index (κ1) is 16.5. The third-order valence-electron chi connectivity index (χ3n) is 2.41. The van der Waals surface area contributed by atoms with Gasteiger partial charge in [-0.1, -0.05) is 6.07 Å². The highest BCUT2D eigenvalue weighted by atomic mass is 79.9. The number of alkyl halides is 3. The van der Waals surface area contributed by atoms with Crippen molar-refractivity contribution in [2.45, 2.75) is 25.6 Å². The highest BCUT2D eigenvalue weighted by molar-refractivity contribution is 9.10. The van der Waals surface area contributed by atoms with Crippen LogP contribution < -0.4 is 5.32 Å². The Morgan fingerprint density at radius 1 is 1.40 bits per heavy atom. The van der Waals surface area contributed by atoms with Gasteiger partial charge in [0.25, 0.3) is 5.91 Å². The molecule has 0 radical (unpaired) electrons. The molecule has 1 aromatic carbocycles. The van der Waals surface area contributed by atoms with Crippen molar-refractivity contribution in [1.82, 2.24) is 5.32 Å². The van der Waals surface area contributed by atoms with Crippen LogP contribution in [-0.2, 0) is 4.79 Å². The lowest BCUT2D eigenvalue weighted by Gasteiger charge is -2.16. The fourth-order valence-electron chi connectivity index (χ4n) is 1.47. The van der Waals surface area contributed by atoms with Crippen molar-refractivity contribution in [1.29, 1.82) is 0 Å². The van der Waals surface area contributed by atoms with E-state index in [1.54, 1.807) is 19.1 Å². The highest BCUT2D eigenvalue weighted by Crippen LogP contribution is 2.23. The first-order valence-corrected chi connectivity index (χ1v) is 6.26. The number of hydrogen-bond donors (Lipinski definition) is 2. The van der Waals surface area contributed by atoms with Gasteiger partial charge in [0.15, 0.2) is 0 Å². The minimum atomic E-state index is -4.68. The van der Waals surface area contributed by atoms with Gasteiger partial charge in [0.1, 0.15) is 6.04 Å². The zero-order valence-corrected chi connectivity index (χ0v) is 11.9. The van der Waals surface area contributed by atoms with E-state index >= 15 is 0 Å². The number of carboxylic acid groups (broad SMARTS) is 1. The van der Waals surface area contributed by atoms with Crippen LogP contribution in [0.4, 0.5) is 13.2 Å². The van der Waals surface area contributed by atoms with Crippen LogP contribution in [0.25, 0.3) is 0 Å². The fraction of sp³-hybridized carbons (Fsp3) is 0.333. The van der Waals surface area contributed by atoms with Crippen LogP contribution in [0, 0.1) is 6.92 Å². The lowest BCUT2D eigenvalue weighted by atomic mass is 10.1. The van der Waals surface area contributed by atoms with Crippen LogP contribution in [0.1, 0.15) is 22.3 Å². The van der Waals surface area contributed by atoms with Gasteiger partial charge in [-0.05, 0) is 40.5 Å². The van der Waals surface area contributed by atoms with Gasteiger partial charge >= 0.3 is 12.1 Å². The summed E-state index contributed by atoms with van der Waals surface area (Å²) in [6.45, 7) is 1.77. The average Bonchev–Trinajstić information content (AvgIpc) is 2.25. The number of hydrogen-bond acceptors (Lipinski definition) is 2. The molecule has 1 amide bonds. The summed E-state index contributed by atoms with van der Waals surface area (Å²) < 4.78 is 37.1. The van der Waals surface area contributed by atoms with Crippen molar-refractivity contribution < 1.29 is 27.9 Å². The van der Waals surface area contributed by atoms with Crippen molar-refractivity contribution in [2.24, 2.45) is 0 Å². The van der Waals surface area contributed by atoms with E-state index < -0.39 is 30.5 Å². The molecule has 4 nitrogen and oxygen atoms in total. The van der Waals surface area contributed by atoms with Crippen LogP contribution in [-0.4, -0.2) is 29.2 Å². The molecular weight excluding hydrogens is 343 g/mol. The van der Waals surface area contributed by atoms with Crippen molar-refractivity contribution in [3.8, 4) is 0 Å². The molecule has 1 aromatic rings. The van der Waals surface area contributed by atoms with Gasteiger partial charge < -0.3 is 10.4 Å². The molecule has 0 aliphatic rings. The van der Waals surface area contributed by atoms with Crippen LogP contribution in [0.3, 0.4) is 0 Å². The molecule has 0 aliphatic heterocycles. The van der Waals surface area contributed by atoms with E-state index in [-0.39, 0.29) is 5.56 Å². The molecule has 2 N–H and O–H groups in total. The van der Waals surface area contributed by atoms with E-state index in [1.807, 2.05) is 5.32 Å². The smallest absolute Gasteiger partial charge is 0.391 e. The quantitative estimate of drug-likeness (QED) is 0.874. The zero-order valence-electron chi connectivity index (χ0n) is 10.3. The van der Waals surface area contributed by atoms with E-state index in [1.165, 1.54) is 6.07 Å². The van der Waals surface area contributed by atoms with Crippen molar-refractivity contribution in [3.63, 3.8) is 0 Å². The molecule has 20 heavy (non-hydrogen) atoms. The number of aliphatic carboxylic acids is 1. The van der Waals surface area contributed by atoms with E-state index in [9.17, 15) is 22.8 Å². The molecule has 1 atom stereocenters. The van der Waals surface area contributed by atoms with Gasteiger partial charge in [-0.25, -0.2) is 4.79 Å². The second-order valence-corrected chi connectivity index (χ2v) is 5.02. The predicted molar refractivity (Wildman–Crippen MR) is 68.4 cm³/mol. The molecule has 0 bridgehead atoms. The maximum atomic E-state index is 12.2. The minimum Gasteiger partial charge on any atom is -0.480 e.